The van der Waals surface area contributed by atoms with Gasteiger partial charge in [-0.05, 0) is 36.8 Å². The van der Waals surface area contributed by atoms with Crippen molar-refractivity contribution < 1.29 is 19.1 Å². The average molecular weight is 480 g/mol. The fourth-order valence-corrected chi connectivity index (χ4v) is 3.21. The lowest BCUT2D eigenvalue weighted by atomic mass is 10.1. The summed E-state index contributed by atoms with van der Waals surface area (Å²) in [6.07, 6.45) is 0.251. The van der Waals surface area contributed by atoms with E-state index in [1.165, 1.54) is 0 Å². The van der Waals surface area contributed by atoms with Crippen LogP contribution in [0.1, 0.15) is 31.8 Å². The Morgan fingerprint density at radius 1 is 0.871 bits per heavy atom. The molecule has 31 heavy (non-hydrogen) atoms. The van der Waals surface area contributed by atoms with Crippen LogP contribution in [0.25, 0.3) is 0 Å². The predicted molar refractivity (Wildman–Crippen MR) is 122 cm³/mol. The van der Waals surface area contributed by atoms with Gasteiger partial charge in [-0.15, -0.1) is 0 Å². The summed E-state index contributed by atoms with van der Waals surface area (Å²) in [7, 11) is 0. The first-order valence-corrected chi connectivity index (χ1v) is 10.6. The second kappa shape index (κ2) is 10.7. The van der Waals surface area contributed by atoms with E-state index < -0.39 is 17.9 Å². The van der Waals surface area contributed by atoms with E-state index in [1.54, 1.807) is 36.4 Å². The minimum Gasteiger partial charge on any atom is -0.456 e. The molecule has 0 radical (unpaired) electrons. The maximum absolute atomic E-state index is 12.8. The van der Waals surface area contributed by atoms with Crippen molar-refractivity contribution in [2.24, 2.45) is 0 Å². The molecule has 5 nitrogen and oxygen atoms in total. The maximum Gasteiger partial charge on any atom is 0.329 e. The fourth-order valence-electron chi connectivity index (χ4n) is 2.95. The second-order valence-corrected chi connectivity index (χ2v) is 8.04. The second-order valence-electron chi connectivity index (χ2n) is 7.12. The number of halogens is 1. The highest BCUT2D eigenvalue weighted by molar-refractivity contribution is 9.10. The summed E-state index contributed by atoms with van der Waals surface area (Å²) in [5.41, 5.74) is 2.79. The van der Waals surface area contributed by atoms with Gasteiger partial charge in [-0.3, -0.25) is 9.59 Å². The number of nitrogens with one attached hydrogen (secondary N) is 1. The molecular weight excluding hydrogens is 458 g/mol. The number of benzene rings is 3. The van der Waals surface area contributed by atoms with Crippen LogP contribution in [0.5, 0.6) is 0 Å². The molecule has 158 valence electrons. The number of ether oxygens (including phenoxy) is 1. The van der Waals surface area contributed by atoms with E-state index in [-0.39, 0.29) is 18.8 Å². The van der Waals surface area contributed by atoms with Crippen LogP contribution in [0.3, 0.4) is 0 Å². The summed E-state index contributed by atoms with van der Waals surface area (Å²) < 4.78 is 6.11. The minimum absolute atomic E-state index is 0.251. The van der Waals surface area contributed by atoms with Crippen LogP contribution in [0.2, 0.25) is 0 Å². The van der Waals surface area contributed by atoms with Crippen LogP contribution in [0.4, 0.5) is 0 Å². The van der Waals surface area contributed by atoms with E-state index in [0.717, 1.165) is 15.6 Å². The van der Waals surface area contributed by atoms with E-state index in [0.29, 0.717) is 11.1 Å². The van der Waals surface area contributed by atoms with Gasteiger partial charge in [-0.25, -0.2) is 4.79 Å². The van der Waals surface area contributed by atoms with E-state index >= 15 is 0 Å². The van der Waals surface area contributed by atoms with Crippen molar-refractivity contribution in [3.63, 3.8) is 0 Å². The number of aryl methyl sites for hydroxylation is 1. The lowest BCUT2D eigenvalue weighted by molar-refractivity contribution is -0.144. The summed E-state index contributed by atoms with van der Waals surface area (Å²) in [6, 6.07) is 22.2. The first-order valence-electron chi connectivity index (χ1n) is 9.79. The van der Waals surface area contributed by atoms with Gasteiger partial charge in [0.15, 0.2) is 12.4 Å². The Balaban J connectivity index is 1.69. The average Bonchev–Trinajstić information content (AvgIpc) is 2.78. The number of Topliss-reactive ketones (excluding diaryl/α,β-unsaturated/α-hetero) is 1. The van der Waals surface area contributed by atoms with E-state index in [9.17, 15) is 14.4 Å². The van der Waals surface area contributed by atoms with Crippen molar-refractivity contribution >= 4 is 33.6 Å². The molecule has 0 fully saturated rings. The van der Waals surface area contributed by atoms with Crippen molar-refractivity contribution in [3.8, 4) is 0 Å². The van der Waals surface area contributed by atoms with Crippen LogP contribution in [-0.4, -0.2) is 30.3 Å². The normalized spacial score (nSPS) is 11.4. The molecule has 3 aromatic carbocycles. The molecule has 1 unspecified atom stereocenters. The van der Waals surface area contributed by atoms with Crippen molar-refractivity contribution in [1.29, 1.82) is 0 Å². The number of esters is 1. The molecule has 0 aliphatic heterocycles. The monoisotopic (exact) mass is 479 g/mol. The number of ketones is 1. The van der Waals surface area contributed by atoms with Crippen molar-refractivity contribution in [2.75, 3.05) is 6.61 Å². The third-order valence-corrected chi connectivity index (χ3v) is 5.23. The van der Waals surface area contributed by atoms with Crippen molar-refractivity contribution in [2.45, 2.75) is 19.4 Å². The van der Waals surface area contributed by atoms with Crippen LogP contribution in [-0.2, 0) is 16.0 Å². The first-order chi connectivity index (χ1) is 14.9. The quantitative estimate of drug-likeness (QED) is 0.380. The molecule has 0 heterocycles. The molecular formula is C25H22BrNO4. The van der Waals surface area contributed by atoms with Gasteiger partial charge in [0, 0.05) is 22.0 Å². The fraction of sp³-hybridized carbons (Fsp3) is 0.160. The third-order valence-electron chi connectivity index (χ3n) is 4.70. The summed E-state index contributed by atoms with van der Waals surface area (Å²) in [4.78, 5) is 37.8. The highest BCUT2D eigenvalue weighted by Gasteiger charge is 2.24. The van der Waals surface area contributed by atoms with Gasteiger partial charge in [0.25, 0.3) is 5.91 Å². The van der Waals surface area contributed by atoms with Crippen LogP contribution in [0.15, 0.2) is 83.3 Å². The Bertz CT molecular complexity index is 1050. The van der Waals surface area contributed by atoms with Gasteiger partial charge in [0.05, 0.1) is 0 Å². The summed E-state index contributed by atoms with van der Waals surface area (Å²) in [5.74, 6) is -1.35. The van der Waals surface area contributed by atoms with E-state index in [1.807, 2.05) is 49.4 Å². The van der Waals surface area contributed by atoms with Crippen molar-refractivity contribution in [3.05, 3.63) is 106 Å². The van der Waals surface area contributed by atoms with Crippen molar-refractivity contribution in [1.82, 2.24) is 5.32 Å². The number of rotatable bonds is 8. The zero-order valence-corrected chi connectivity index (χ0v) is 18.6. The molecule has 0 aliphatic carbocycles. The number of carbonyl (C=O) groups excluding carboxylic acids is 3. The third kappa shape index (κ3) is 6.62. The molecule has 3 rings (SSSR count). The Morgan fingerprint density at radius 3 is 2.13 bits per heavy atom. The largest absolute Gasteiger partial charge is 0.456 e. The predicted octanol–water partition coefficient (Wildman–Crippen LogP) is 4.52. The Morgan fingerprint density at radius 2 is 1.48 bits per heavy atom. The van der Waals surface area contributed by atoms with Crippen LogP contribution in [0, 0.1) is 6.92 Å². The van der Waals surface area contributed by atoms with Gasteiger partial charge in [0.1, 0.15) is 6.04 Å². The number of amides is 1. The SMILES string of the molecule is Cc1ccc(C(=O)COC(=O)C(Cc2ccccc2)NC(=O)c2ccc(Br)cc2)cc1. The Kier molecular flexibility index (Phi) is 7.73. The van der Waals surface area contributed by atoms with E-state index in [2.05, 4.69) is 21.2 Å². The summed E-state index contributed by atoms with van der Waals surface area (Å²) >= 11 is 3.33. The topological polar surface area (TPSA) is 72.5 Å². The summed E-state index contributed by atoms with van der Waals surface area (Å²) in [5, 5.41) is 2.73. The van der Waals surface area contributed by atoms with Crippen LogP contribution >= 0.6 is 15.9 Å². The molecule has 0 spiro atoms. The zero-order chi connectivity index (χ0) is 22.2. The lowest BCUT2D eigenvalue weighted by Crippen LogP contribution is -2.43. The number of hydrogen-bond donors (Lipinski definition) is 1. The molecule has 1 amide bonds. The molecule has 1 N–H and O–H groups in total. The first kappa shape index (κ1) is 22.4. The molecule has 0 saturated carbocycles. The minimum atomic E-state index is -0.927. The molecule has 0 saturated heterocycles. The molecule has 0 aliphatic rings. The molecule has 0 aromatic heterocycles. The maximum atomic E-state index is 12.8. The lowest BCUT2D eigenvalue weighted by Gasteiger charge is -2.18. The number of hydrogen-bond acceptors (Lipinski definition) is 4. The molecule has 6 heteroatoms. The summed E-state index contributed by atoms with van der Waals surface area (Å²) in [6.45, 7) is 1.54. The standard InChI is InChI=1S/C25H22BrNO4/c1-17-7-9-19(10-8-17)23(28)16-31-25(30)22(15-18-5-3-2-4-6-18)27-24(29)20-11-13-21(26)14-12-20/h2-14,22H,15-16H2,1H3,(H,27,29). The number of carbonyl (C=O) groups is 3. The van der Waals surface area contributed by atoms with Gasteiger partial charge < -0.3 is 10.1 Å². The van der Waals surface area contributed by atoms with Gasteiger partial charge >= 0.3 is 5.97 Å². The van der Waals surface area contributed by atoms with E-state index in [4.69, 9.17) is 4.74 Å². The molecule has 1 atom stereocenters. The van der Waals surface area contributed by atoms with Gasteiger partial charge in [-0.2, -0.15) is 0 Å². The Hall–Kier alpha value is -3.25. The van der Waals surface area contributed by atoms with Gasteiger partial charge in [-0.1, -0.05) is 76.1 Å². The van der Waals surface area contributed by atoms with Gasteiger partial charge in [0.2, 0.25) is 0 Å². The molecule has 0 bridgehead atoms. The molecule has 3 aromatic rings. The van der Waals surface area contributed by atoms with Crippen LogP contribution < -0.4 is 5.32 Å². The zero-order valence-electron chi connectivity index (χ0n) is 17.0. The smallest absolute Gasteiger partial charge is 0.329 e. The highest BCUT2D eigenvalue weighted by atomic mass is 79.9. The highest BCUT2D eigenvalue weighted by Crippen LogP contribution is 2.12. The Labute approximate surface area is 189 Å².